The maximum Gasteiger partial charge on any atom is -0.00201 e. The van der Waals surface area contributed by atoms with Crippen LogP contribution < -0.4 is 0 Å². The molecule has 0 aliphatic rings. The highest BCUT2D eigenvalue weighted by atomic mass is 14.2. The predicted molar refractivity (Wildman–Crippen MR) is 206 cm³/mol. The Bertz CT molecular complexity index is 2540. The lowest BCUT2D eigenvalue weighted by Gasteiger charge is -2.20. The molecule has 0 nitrogen and oxygen atoms in total. The second kappa shape index (κ2) is 11.8. The topological polar surface area (TPSA) is 0 Å². The molecule has 9 aromatic carbocycles. The normalized spacial score (nSPS) is 11.3. The van der Waals surface area contributed by atoms with E-state index in [0.29, 0.717) is 0 Å². The van der Waals surface area contributed by atoms with E-state index in [1.54, 1.807) is 0 Å². The van der Waals surface area contributed by atoms with Crippen LogP contribution in [0, 0.1) is 0 Å². The first kappa shape index (κ1) is 28.0. The van der Waals surface area contributed by atoms with Gasteiger partial charge in [-0.2, -0.15) is 0 Å². The van der Waals surface area contributed by atoms with Crippen molar-refractivity contribution in [3.8, 4) is 55.6 Å². The molecule has 9 aromatic rings. The Morgan fingerprint density at radius 1 is 0.208 bits per heavy atom. The van der Waals surface area contributed by atoms with Crippen LogP contribution in [0.2, 0.25) is 0 Å². The average molecular weight is 609 g/mol. The molecule has 0 heterocycles. The zero-order valence-corrected chi connectivity index (χ0v) is 26.5. The molecule has 0 aliphatic heterocycles. The molecule has 224 valence electrons. The minimum atomic E-state index is 1.21. The Labute approximate surface area is 281 Å². The highest BCUT2D eigenvalue weighted by Gasteiger charge is 2.20. The van der Waals surface area contributed by atoms with Gasteiger partial charge in [0.25, 0.3) is 0 Å². The first-order valence-electron chi connectivity index (χ1n) is 16.6. The molecular formula is C48H32. The van der Waals surface area contributed by atoms with Gasteiger partial charge in [0.2, 0.25) is 0 Å². The second-order valence-corrected chi connectivity index (χ2v) is 12.5. The maximum atomic E-state index is 2.38. The summed E-state index contributed by atoms with van der Waals surface area (Å²) in [4.78, 5) is 0. The number of rotatable bonds is 5. The molecule has 0 bridgehead atoms. The summed E-state index contributed by atoms with van der Waals surface area (Å²) in [6.07, 6.45) is 0. The molecule has 0 radical (unpaired) electrons. The van der Waals surface area contributed by atoms with Crippen molar-refractivity contribution in [3.05, 3.63) is 194 Å². The van der Waals surface area contributed by atoms with E-state index in [9.17, 15) is 0 Å². The van der Waals surface area contributed by atoms with Crippen LogP contribution in [-0.2, 0) is 0 Å². The van der Waals surface area contributed by atoms with Crippen molar-refractivity contribution in [1.29, 1.82) is 0 Å². The first-order valence-corrected chi connectivity index (χ1v) is 16.6. The third kappa shape index (κ3) is 4.87. The third-order valence-corrected chi connectivity index (χ3v) is 9.65. The van der Waals surface area contributed by atoms with Crippen LogP contribution in [0.4, 0.5) is 0 Å². The zero-order valence-electron chi connectivity index (χ0n) is 26.5. The van der Waals surface area contributed by atoms with Gasteiger partial charge in [0, 0.05) is 0 Å². The Hall–Kier alpha value is -6.24. The minimum Gasteiger partial charge on any atom is -0.0622 e. The smallest absolute Gasteiger partial charge is 0.00201 e. The van der Waals surface area contributed by atoms with E-state index in [-0.39, 0.29) is 0 Å². The Morgan fingerprint density at radius 2 is 0.688 bits per heavy atom. The van der Waals surface area contributed by atoms with Crippen LogP contribution in [0.5, 0.6) is 0 Å². The molecule has 0 aromatic heterocycles. The summed E-state index contributed by atoms with van der Waals surface area (Å²) in [7, 11) is 0. The zero-order chi connectivity index (χ0) is 31.9. The summed E-state index contributed by atoms with van der Waals surface area (Å²) in [6.45, 7) is 0. The summed E-state index contributed by atoms with van der Waals surface area (Å²) in [5.74, 6) is 0. The fraction of sp³-hybridized carbons (Fsp3) is 0. The molecule has 0 saturated carbocycles. The van der Waals surface area contributed by atoms with E-state index in [2.05, 4.69) is 194 Å². The van der Waals surface area contributed by atoms with Crippen LogP contribution in [0.25, 0.3) is 88.0 Å². The van der Waals surface area contributed by atoms with Crippen LogP contribution in [-0.4, -0.2) is 0 Å². The lowest BCUT2D eigenvalue weighted by atomic mass is 9.82. The fourth-order valence-corrected chi connectivity index (χ4v) is 7.38. The standard InChI is InChI=1S/C48H32/c1-3-14-33(15-4-1)37-20-13-21-40(31-37)47-41-22-9-11-24-43(41)48(44-25-12-10-23-42(44)47)45-29-28-39(32-46(45)35-17-5-2-6-18-35)38-27-26-34-16-7-8-19-36(34)30-38/h1-32H. The molecule has 48 heavy (non-hydrogen) atoms. The van der Waals surface area contributed by atoms with E-state index in [4.69, 9.17) is 0 Å². The van der Waals surface area contributed by atoms with Gasteiger partial charge in [0.05, 0.1) is 0 Å². The molecule has 0 fully saturated rings. The molecule has 0 aliphatic carbocycles. The molecule has 0 spiro atoms. The molecule has 0 unspecified atom stereocenters. The largest absolute Gasteiger partial charge is 0.0622 e. The van der Waals surface area contributed by atoms with Crippen molar-refractivity contribution in [2.75, 3.05) is 0 Å². The SMILES string of the molecule is c1ccc(-c2cccc(-c3c4ccccc4c(-c4ccc(-c5ccc6ccccc6c5)cc4-c4ccccc4)c4ccccc34)c2)cc1. The first-order chi connectivity index (χ1) is 23.8. The molecule has 0 N–H and O–H groups in total. The van der Waals surface area contributed by atoms with E-state index in [0.717, 1.165) is 0 Å². The Balaban J connectivity index is 1.31. The van der Waals surface area contributed by atoms with Crippen molar-refractivity contribution in [2.45, 2.75) is 0 Å². The van der Waals surface area contributed by atoms with Gasteiger partial charge in [-0.25, -0.2) is 0 Å². The Kier molecular flexibility index (Phi) is 6.91. The van der Waals surface area contributed by atoms with Gasteiger partial charge in [-0.05, 0) is 106 Å². The molecule has 9 rings (SSSR count). The fourth-order valence-electron chi connectivity index (χ4n) is 7.38. The van der Waals surface area contributed by atoms with Crippen LogP contribution in [0.15, 0.2) is 194 Å². The highest BCUT2D eigenvalue weighted by molar-refractivity contribution is 6.22. The maximum absolute atomic E-state index is 2.38. The number of fused-ring (bicyclic) bond motifs is 3. The summed E-state index contributed by atoms with van der Waals surface area (Å²) in [5, 5.41) is 7.54. The van der Waals surface area contributed by atoms with Gasteiger partial charge < -0.3 is 0 Å². The minimum absolute atomic E-state index is 1.21. The molecule has 0 amide bonds. The van der Waals surface area contributed by atoms with E-state index in [1.807, 2.05) is 0 Å². The van der Waals surface area contributed by atoms with Gasteiger partial charge >= 0.3 is 0 Å². The summed E-state index contributed by atoms with van der Waals surface area (Å²) < 4.78 is 0. The summed E-state index contributed by atoms with van der Waals surface area (Å²) in [5.41, 5.74) is 12.3. The summed E-state index contributed by atoms with van der Waals surface area (Å²) >= 11 is 0. The van der Waals surface area contributed by atoms with E-state index >= 15 is 0 Å². The average Bonchev–Trinajstić information content (AvgIpc) is 3.17. The molecular weight excluding hydrogens is 577 g/mol. The lowest BCUT2D eigenvalue weighted by Crippen LogP contribution is -1.93. The molecule has 0 heteroatoms. The van der Waals surface area contributed by atoms with Crippen molar-refractivity contribution in [1.82, 2.24) is 0 Å². The van der Waals surface area contributed by atoms with Crippen LogP contribution in [0.1, 0.15) is 0 Å². The van der Waals surface area contributed by atoms with E-state index in [1.165, 1.54) is 88.0 Å². The quantitative estimate of drug-likeness (QED) is 0.171. The number of benzene rings is 9. The van der Waals surface area contributed by atoms with Gasteiger partial charge in [-0.3, -0.25) is 0 Å². The van der Waals surface area contributed by atoms with Crippen LogP contribution in [0.3, 0.4) is 0 Å². The van der Waals surface area contributed by atoms with Gasteiger partial charge in [-0.15, -0.1) is 0 Å². The summed E-state index contributed by atoms with van der Waals surface area (Å²) in [6, 6.07) is 70.8. The van der Waals surface area contributed by atoms with Gasteiger partial charge in [0.15, 0.2) is 0 Å². The van der Waals surface area contributed by atoms with Crippen molar-refractivity contribution < 1.29 is 0 Å². The number of hydrogen-bond acceptors (Lipinski definition) is 0. The monoisotopic (exact) mass is 608 g/mol. The predicted octanol–water partition coefficient (Wildman–Crippen LogP) is 13.5. The molecule has 0 saturated heterocycles. The van der Waals surface area contributed by atoms with Crippen molar-refractivity contribution in [3.63, 3.8) is 0 Å². The van der Waals surface area contributed by atoms with Crippen LogP contribution >= 0.6 is 0 Å². The van der Waals surface area contributed by atoms with Gasteiger partial charge in [-0.1, -0.05) is 176 Å². The number of hydrogen-bond donors (Lipinski definition) is 0. The van der Waals surface area contributed by atoms with E-state index < -0.39 is 0 Å². The van der Waals surface area contributed by atoms with Crippen molar-refractivity contribution in [2.24, 2.45) is 0 Å². The van der Waals surface area contributed by atoms with Gasteiger partial charge in [0.1, 0.15) is 0 Å². The highest BCUT2D eigenvalue weighted by Crippen LogP contribution is 2.47. The molecule has 0 atom stereocenters. The third-order valence-electron chi connectivity index (χ3n) is 9.65. The van der Waals surface area contributed by atoms with Crippen molar-refractivity contribution >= 4 is 32.3 Å². The Morgan fingerprint density at radius 3 is 1.38 bits per heavy atom. The second-order valence-electron chi connectivity index (χ2n) is 12.5. The lowest BCUT2D eigenvalue weighted by molar-refractivity contribution is 1.59.